The molecule has 0 amide bonds. The molecule has 1 aromatic carbocycles. The number of nitrogens with two attached hydrogens (primary N) is 1. The minimum Gasteiger partial charge on any atom is -0.504 e. The van der Waals surface area contributed by atoms with E-state index in [0.29, 0.717) is 0 Å². The highest BCUT2D eigenvalue weighted by atomic mass is 35.5. The second-order valence-electron chi connectivity index (χ2n) is 2.22. The third-order valence-corrected chi connectivity index (χ3v) is 1.75. The quantitative estimate of drug-likeness (QED) is 0.587. The molecule has 0 saturated heterocycles. The van der Waals surface area contributed by atoms with Crippen LogP contribution in [0.2, 0.25) is 5.02 Å². The summed E-state index contributed by atoms with van der Waals surface area (Å²) in [6.07, 6.45) is 0. The molecule has 0 atom stereocenters. The van der Waals surface area contributed by atoms with Gasteiger partial charge in [0.15, 0.2) is 11.5 Å². The number of halogens is 2. The molecule has 0 radical (unpaired) electrons. The molecule has 0 saturated carbocycles. The van der Waals surface area contributed by atoms with Gasteiger partial charge in [-0.2, -0.15) is 0 Å². The van der Waals surface area contributed by atoms with Crippen LogP contribution in [0.5, 0.6) is 11.5 Å². The molecule has 0 unspecified atom stereocenters. The molecule has 0 bridgehead atoms. The Morgan fingerprint density at radius 1 is 1.50 bits per heavy atom. The number of benzene rings is 1. The van der Waals surface area contributed by atoms with Crippen LogP contribution in [0.4, 0.5) is 4.39 Å². The number of phenolic OH excluding ortho intramolecular Hbond substituents is 2. The first-order valence-corrected chi connectivity index (χ1v) is 3.54. The molecule has 66 valence electrons. The summed E-state index contributed by atoms with van der Waals surface area (Å²) in [5.74, 6) is -1.82. The lowest BCUT2D eigenvalue weighted by molar-refractivity contribution is 0.394. The van der Waals surface area contributed by atoms with Gasteiger partial charge in [-0.1, -0.05) is 11.6 Å². The molecule has 0 aromatic heterocycles. The van der Waals surface area contributed by atoms with E-state index in [4.69, 9.17) is 27.5 Å². The van der Waals surface area contributed by atoms with Gasteiger partial charge in [0.1, 0.15) is 5.82 Å². The van der Waals surface area contributed by atoms with Crippen molar-refractivity contribution >= 4 is 11.6 Å². The van der Waals surface area contributed by atoms with Crippen molar-refractivity contribution in [1.29, 1.82) is 0 Å². The van der Waals surface area contributed by atoms with Gasteiger partial charge in [-0.15, -0.1) is 0 Å². The molecule has 0 aliphatic rings. The summed E-state index contributed by atoms with van der Waals surface area (Å²) in [7, 11) is 0. The normalized spacial score (nSPS) is 10.2. The van der Waals surface area contributed by atoms with E-state index in [1.807, 2.05) is 0 Å². The zero-order valence-electron chi connectivity index (χ0n) is 6.01. The number of hydrogen-bond acceptors (Lipinski definition) is 3. The van der Waals surface area contributed by atoms with Gasteiger partial charge in [-0.05, 0) is 0 Å². The van der Waals surface area contributed by atoms with Crippen LogP contribution in [0.3, 0.4) is 0 Å². The van der Waals surface area contributed by atoms with Crippen LogP contribution in [0.15, 0.2) is 6.07 Å². The maximum atomic E-state index is 13.0. The van der Waals surface area contributed by atoms with Crippen LogP contribution in [-0.4, -0.2) is 10.2 Å². The largest absolute Gasteiger partial charge is 0.504 e. The molecule has 3 nitrogen and oxygen atoms in total. The zero-order valence-corrected chi connectivity index (χ0v) is 6.77. The van der Waals surface area contributed by atoms with Crippen LogP contribution in [0, 0.1) is 5.82 Å². The molecule has 4 N–H and O–H groups in total. The van der Waals surface area contributed by atoms with Crippen molar-refractivity contribution in [3.63, 3.8) is 0 Å². The minimum absolute atomic E-state index is 0.181. The number of aromatic hydroxyl groups is 2. The van der Waals surface area contributed by atoms with Crippen molar-refractivity contribution in [3.8, 4) is 11.5 Å². The molecule has 0 spiro atoms. The summed E-state index contributed by atoms with van der Waals surface area (Å²) in [4.78, 5) is 0. The first-order chi connectivity index (χ1) is 5.57. The smallest absolute Gasteiger partial charge is 0.165 e. The topological polar surface area (TPSA) is 66.5 Å². The fraction of sp³-hybridized carbons (Fsp3) is 0.143. The molecule has 12 heavy (non-hydrogen) atoms. The lowest BCUT2D eigenvalue weighted by Gasteiger charge is -2.06. The fourth-order valence-electron chi connectivity index (χ4n) is 0.841. The zero-order chi connectivity index (χ0) is 9.30. The van der Waals surface area contributed by atoms with Gasteiger partial charge in [-0.25, -0.2) is 4.39 Å². The maximum Gasteiger partial charge on any atom is 0.165 e. The standard InChI is InChI=1S/C7H7ClFNO2/c8-4-1-5(11)7(12)3(2-10)6(4)9/h1,11-12H,2,10H2. The second kappa shape index (κ2) is 3.16. The molecule has 0 aliphatic carbocycles. The highest BCUT2D eigenvalue weighted by molar-refractivity contribution is 6.31. The molecule has 0 heterocycles. The fourth-order valence-corrected chi connectivity index (χ4v) is 1.06. The Morgan fingerprint density at radius 3 is 2.58 bits per heavy atom. The Labute approximate surface area is 73.2 Å². The van der Waals surface area contributed by atoms with Crippen LogP contribution in [-0.2, 0) is 6.54 Å². The molecule has 0 aliphatic heterocycles. The Kier molecular flexibility index (Phi) is 2.40. The van der Waals surface area contributed by atoms with Gasteiger partial charge in [0.05, 0.1) is 5.02 Å². The third-order valence-electron chi connectivity index (χ3n) is 1.47. The van der Waals surface area contributed by atoms with Crippen molar-refractivity contribution in [1.82, 2.24) is 0 Å². The van der Waals surface area contributed by atoms with Gasteiger partial charge in [-0.3, -0.25) is 0 Å². The lowest BCUT2D eigenvalue weighted by atomic mass is 10.1. The summed E-state index contributed by atoms with van der Waals surface area (Å²) >= 11 is 5.37. The molecule has 0 fully saturated rings. The molecular formula is C7H7ClFNO2. The highest BCUT2D eigenvalue weighted by Gasteiger charge is 2.14. The lowest BCUT2D eigenvalue weighted by Crippen LogP contribution is -2.00. The Bertz CT molecular complexity index is 291. The van der Waals surface area contributed by atoms with Crippen LogP contribution in [0.1, 0.15) is 5.56 Å². The van der Waals surface area contributed by atoms with Crippen LogP contribution < -0.4 is 5.73 Å². The summed E-state index contributed by atoms with van der Waals surface area (Å²) in [5, 5.41) is 17.8. The average Bonchev–Trinajstić information content (AvgIpc) is 2.02. The maximum absolute atomic E-state index is 13.0. The van der Waals surface area contributed by atoms with Gasteiger partial charge in [0.25, 0.3) is 0 Å². The van der Waals surface area contributed by atoms with Crippen molar-refractivity contribution in [2.24, 2.45) is 5.73 Å². The van der Waals surface area contributed by atoms with Crippen LogP contribution in [0.25, 0.3) is 0 Å². The van der Waals surface area contributed by atoms with Gasteiger partial charge in [0.2, 0.25) is 0 Å². The number of rotatable bonds is 1. The van der Waals surface area contributed by atoms with E-state index in [2.05, 4.69) is 0 Å². The predicted octanol–water partition coefficient (Wildman–Crippen LogP) is 1.35. The van der Waals surface area contributed by atoms with Crippen molar-refractivity contribution < 1.29 is 14.6 Å². The number of hydrogen-bond donors (Lipinski definition) is 3. The predicted molar refractivity (Wildman–Crippen MR) is 42.6 cm³/mol. The van der Waals surface area contributed by atoms with Crippen molar-refractivity contribution in [3.05, 3.63) is 22.5 Å². The summed E-state index contributed by atoms with van der Waals surface area (Å²) in [6, 6.07) is 0.922. The summed E-state index contributed by atoms with van der Waals surface area (Å²) in [5.41, 5.74) is 4.94. The number of phenols is 2. The van der Waals surface area contributed by atoms with E-state index < -0.39 is 17.3 Å². The van der Waals surface area contributed by atoms with Crippen molar-refractivity contribution in [2.75, 3.05) is 0 Å². The van der Waals surface area contributed by atoms with Crippen molar-refractivity contribution in [2.45, 2.75) is 6.54 Å². The highest BCUT2D eigenvalue weighted by Crippen LogP contribution is 2.34. The van der Waals surface area contributed by atoms with E-state index in [1.54, 1.807) is 0 Å². The van der Waals surface area contributed by atoms with E-state index in [-0.39, 0.29) is 17.1 Å². The van der Waals surface area contributed by atoms with E-state index >= 15 is 0 Å². The van der Waals surface area contributed by atoms with E-state index in [9.17, 15) is 4.39 Å². The summed E-state index contributed by atoms with van der Waals surface area (Å²) < 4.78 is 13.0. The Balaban J connectivity index is 3.42. The van der Waals surface area contributed by atoms with E-state index in [0.717, 1.165) is 6.07 Å². The minimum atomic E-state index is -0.797. The monoisotopic (exact) mass is 191 g/mol. The van der Waals surface area contributed by atoms with Gasteiger partial charge >= 0.3 is 0 Å². The molecule has 1 rings (SSSR count). The summed E-state index contributed by atoms with van der Waals surface area (Å²) in [6.45, 7) is -0.216. The second-order valence-corrected chi connectivity index (χ2v) is 2.63. The molecular weight excluding hydrogens is 185 g/mol. The van der Waals surface area contributed by atoms with Gasteiger partial charge < -0.3 is 15.9 Å². The Hall–Kier alpha value is -1.00. The van der Waals surface area contributed by atoms with Crippen LogP contribution >= 0.6 is 11.6 Å². The first-order valence-electron chi connectivity index (χ1n) is 3.16. The SMILES string of the molecule is NCc1c(O)c(O)cc(Cl)c1F. The average molecular weight is 192 g/mol. The molecule has 5 heteroatoms. The third kappa shape index (κ3) is 1.31. The molecule has 1 aromatic rings. The first kappa shape index (κ1) is 9.09. The van der Waals surface area contributed by atoms with E-state index in [1.165, 1.54) is 0 Å². The van der Waals surface area contributed by atoms with Gasteiger partial charge in [0, 0.05) is 18.2 Å². The Morgan fingerprint density at radius 2 is 2.08 bits per heavy atom.